The molecule has 0 spiro atoms. The lowest BCUT2D eigenvalue weighted by molar-refractivity contribution is -0.199. The van der Waals surface area contributed by atoms with Gasteiger partial charge in [0, 0.05) is 0 Å². The monoisotopic (exact) mass is 350 g/mol. The van der Waals surface area contributed by atoms with E-state index in [1.807, 2.05) is 19.0 Å². The van der Waals surface area contributed by atoms with Crippen molar-refractivity contribution in [2.45, 2.75) is 71.5 Å². The van der Waals surface area contributed by atoms with Gasteiger partial charge < -0.3 is 19.5 Å². The van der Waals surface area contributed by atoms with Crippen molar-refractivity contribution >= 4 is 13.0 Å². The number of amides is 1. The quantitative estimate of drug-likeness (QED) is 0.747. The van der Waals surface area contributed by atoms with Gasteiger partial charge in [0.15, 0.2) is 0 Å². The summed E-state index contributed by atoms with van der Waals surface area (Å²) >= 11 is 0. The molecule has 1 amide bonds. The minimum Gasteiger partial charge on any atom is -0.404 e. The molecule has 4 aliphatic rings. The maximum Gasteiger partial charge on any atom is 0.481 e. The second-order valence-electron chi connectivity index (χ2n) is 9.88. The van der Waals surface area contributed by atoms with Gasteiger partial charge >= 0.3 is 7.12 Å². The maximum atomic E-state index is 12.3. The van der Waals surface area contributed by atoms with Gasteiger partial charge in [0.25, 0.3) is 0 Å². The standard InChI is InChI=1S/C19H35BN2O3/c1-12(2)8-16(21-17(23)11-22(6)7)20-24-15-10-13-9-14(18(13,3)4)19(15,5)25-20/h12-16H,8-11H2,1-7H3,(H,21,23)/t13-,14-,15+,16-,19-/m0/s1. The van der Waals surface area contributed by atoms with E-state index in [9.17, 15) is 4.79 Å². The second kappa shape index (κ2) is 6.54. The van der Waals surface area contributed by atoms with E-state index in [1.54, 1.807) is 0 Å². The van der Waals surface area contributed by atoms with Gasteiger partial charge in [-0.2, -0.15) is 0 Å². The Morgan fingerprint density at radius 2 is 1.96 bits per heavy atom. The van der Waals surface area contributed by atoms with Crippen LogP contribution in [-0.2, 0) is 14.1 Å². The number of hydrogen-bond donors (Lipinski definition) is 1. The third-order valence-electron chi connectivity index (χ3n) is 6.83. The van der Waals surface area contributed by atoms with Crippen LogP contribution in [0.15, 0.2) is 0 Å². The molecule has 0 radical (unpaired) electrons. The summed E-state index contributed by atoms with van der Waals surface area (Å²) in [5.41, 5.74) is 0.121. The highest BCUT2D eigenvalue weighted by Gasteiger charge is 2.68. The summed E-state index contributed by atoms with van der Waals surface area (Å²) in [6.07, 6.45) is 3.35. The van der Waals surface area contributed by atoms with E-state index >= 15 is 0 Å². The van der Waals surface area contributed by atoms with Crippen LogP contribution in [0.4, 0.5) is 0 Å². The molecule has 25 heavy (non-hydrogen) atoms. The van der Waals surface area contributed by atoms with Crippen LogP contribution in [0.2, 0.25) is 0 Å². The normalized spacial score (nSPS) is 37.0. The van der Waals surface area contributed by atoms with Gasteiger partial charge in [0.1, 0.15) is 0 Å². The van der Waals surface area contributed by atoms with E-state index < -0.39 is 0 Å². The summed E-state index contributed by atoms with van der Waals surface area (Å²) in [5.74, 6) is 1.70. The molecule has 4 fully saturated rings. The Balaban J connectivity index is 1.71. The predicted molar refractivity (Wildman–Crippen MR) is 100 cm³/mol. The Morgan fingerprint density at radius 1 is 1.28 bits per heavy atom. The molecule has 2 bridgehead atoms. The number of carbonyl (C=O) groups excluding carboxylic acids is 1. The van der Waals surface area contributed by atoms with Crippen molar-refractivity contribution in [1.29, 1.82) is 0 Å². The SMILES string of the molecule is CC(C)C[C@H](NC(=O)CN(C)C)B1O[C@@H]2C[C@@H]3C[C@@H](C3(C)C)[C@]2(C)O1. The molecule has 1 heterocycles. The van der Waals surface area contributed by atoms with E-state index in [-0.39, 0.29) is 30.7 Å². The van der Waals surface area contributed by atoms with Crippen LogP contribution >= 0.6 is 0 Å². The van der Waals surface area contributed by atoms with Crippen molar-refractivity contribution in [3.05, 3.63) is 0 Å². The minimum atomic E-state index is -0.335. The Kier molecular flexibility index (Phi) is 5.02. The summed E-state index contributed by atoms with van der Waals surface area (Å²) in [7, 11) is 3.48. The van der Waals surface area contributed by atoms with Crippen molar-refractivity contribution in [1.82, 2.24) is 10.2 Å². The smallest absolute Gasteiger partial charge is 0.404 e. The third kappa shape index (κ3) is 3.37. The fourth-order valence-electron chi connectivity index (χ4n) is 5.36. The average Bonchev–Trinajstić information content (AvgIpc) is 2.81. The summed E-state index contributed by atoms with van der Waals surface area (Å²) in [4.78, 5) is 14.2. The highest BCUT2D eigenvalue weighted by Crippen LogP contribution is 2.65. The molecular weight excluding hydrogens is 315 g/mol. The van der Waals surface area contributed by atoms with Crippen molar-refractivity contribution in [3.8, 4) is 0 Å². The van der Waals surface area contributed by atoms with Crippen LogP contribution < -0.4 is 5.32 Å². The first-order valence-corrected chi connectivity index (χ1v) is 9.81. The summed E-state index contributed by atoms with van der Waals surface area (Å²) < 4.78 is 12.9. The summed E-state index contributed by atoms with van der Waals surface area (Å²) in [5, 5.41) is 3.17. The molecule has 142 valence electrons. The Hall–Kier alpha value is -0.585. The number of hydrogen-bond acceptors (Lipinski definition) is 4. The van der Waals surface area contributed by atoms with Gasteiger partial charge in [-0.05, 0) is 63.5 Å². The summed E-state index contributed by atoms with van der Waals surface area (Å²) in [6, 6.07) is 0. The van der Waals surface area contributed by atoms with E-state index in [0.29, 0.717) is 23.8 Å². The molecule has 0 unspecified atom stereocenters. The molecule has 0 aromatic heterocycles. The van der Waals surface area contributed by atoms with E-state index in [4.69, 9.17) is 9.31 Å². The van der Waals surface area contributed by atoms with Gasteiger partial charge in [-0.1, -0.05) is 27.7 Å². The molecule has 3 aliphatic carbocycles. The number of nitrogens with one attached hydrogen (secondary N) is 1. The first kappa shape index (κ1) is 19.2. The maximum absolute atomic E-state index is 12.3. The molecule has 1 N–H and O–H groups in total. The second-order valence-corrected chi connectivity index (χ2v) is 9.88. The van der Waals surface area contributed by atoms with Crippen LogP contribution in [0.5, 0.6) is 0 Å². The van der Waals surface area contributed by atoms with Crippen molar-refractivity contribution in [3.63, 3.8) is 0 Å². The minimum absolute atomic E-state index is 0.0347. The fraction of sp³-hybridized carbons (Fsp3) is 0.947. The molecule has 0 aromatic rings. The highest BCUT2D eigenvalue weighted by molar-refractivity contribution is 6.47. The molecule has 5 nitrogen and oxygen atoms in total. The highest BCUT2D eigenvalue weighted by atomic mass is 16.7. The first-order chi connectivity index (χ1) is 11.5. The van der Waals surface area contributed by atoms with Crippen molar-refractivity contribution in [2.24, 2.45) is 23.2 Å². The molecular formula is C19H35BN2O3. The third-order valence-corrected chi connectivity index (χ3v) is 6.83. The molecule has 1 aliphatic heterocycles. The number of likely N-dealkylation sites (N-methyl/N-ethyl adjacent to an activating group) is 1. The van der Waals surface area contributed by atoms with E-state index in [2.05, 4.69) is 39.9 Å². The topological polar surface area (TPSA) is 50.8 Å². The molecule has 3 saturated carbocycles. The number of carbonyl (C=O) groups is 1. The van der Waals surface area contributed by atoms with E-state index in [0.717, 1.165) is 18.8 Å². The van der Waals surface area contributed by atoms with Crippen molar-refractivity contribution < 1.29 is 14.1 Å². The van der Waals surface area contributed by atoms with Crippen LogP contribution in [0.25, 0.3) is 0 Å². The number of rotatable bonds is 6. The average molecular weight is 350 g/mol. The van der Waals surface area contributed by atoms with Crippen molar-refractivity contribution in [2.75, 3.05) is 20.6 Å². The molecule has 5 atom stereocenters. The molecule has 0 aromatic carbocycles. The van der Waals surface area contributed by atoms with Gasteiger partial charge in [-0.3, -0.25) is 4.79 Å². The lowest BCUT2D eigenvalue weighted by Crippen LogP contribution is -2.65. The Bertz CT molecular complexity index is 525. The van der Waals surface area contributed by atoms with Crippen LogP contribution in [0, 0.1) is 23.2 Å². The lowest BCUT2D eigenvalue weighted by Gasteiger charge is -2.64. The van der Waals surface area contributed by atoms with Crippen LogP contribution in [-0.4, -0.2) is 56.2 Å². The Labute approximate surface area is 153 Å². The zero-order valence-corrected chi connectivity index (χ0v) is 17.0. The van der Waals surface area contributed by atoms with Gasteiger partial charge in [-0.25, -0.2) is 0 Å². The zero-order valence-electron chi connectivity index (χ0n) is 17.0. The van der Waals surface area contributed by atoms with Crippen LogP contribution in [0.3, 0.4) is 0 Å². The Morgan fingerprint density at radius 3 is 2.52 bits per heavy atom. The predicted octanol–water partition coefficient (Wildman–Crippen LogP) is 2.35. The van der Waals surface area contributed by atoms with Gasteiger partial charge in [-0.15, -0.1) is 0 Å². The fourth-order valence-corrected chi connectivity index (χ4v) is 5.36. The number of nitrogens with zero attached hydrogens (tertiary/aromatic N) is 1. The van der Waals surface area contributed by atoms with Crippen LogP contribution in [0.1, 0.15) is 53.9 Å². The van der Waals surface area contributed by atoms with Gasteiger partial charge in [0.2, 0.25) is 5.91 Å². The lowest BCUT2D eigenvalue weighted by atomic mass is 9.43. The molecule has 1 saturated heterocycles. The molecule has 6 heteroatoms. The zero-order chi connectivity index (χ0) is 18.6. The van der Waals surface area contributed by atoms with E-state index in [1.165, 1.54) is 6.42 Å². The largest absolute Gasteiger partial charge is 0.481 e. The first-order valence-electron chi connectivity index (χ1n) is 9.81. The van der Waals surface area contributed by atoms with Gasteiger partial charge in [0.05, 0.1) is 24.2 Å². The summed E-state index contributed by atoms with van der Waals surface area (Å²) in [6.45, 7) is 11.7. The molecule has 4 rings (SSSR count).